The van der Waals surface area contributed by atoms with E-state index in [1.807, 2.05) is 29.6 Å². The van der Waals surface area contributed by atoms with Crippen LogP contribution in [0.2, 0.25) is 5.02 Å². The third-order valence-electron chi connectivity index (χ3n) is 3.51. The summed E-state index contributed by atoms with van der Waals surface area (Å²) >= 11 is 7.31. The van der Waals surface area contributed by atoms with Crippen molar-refractivity contribution in [1.82, 2.24) is 4.98 Å². The molecule has 0 aliphatic heterocycles. The molecule has 0 atom stereocenters. The van der Waals surface area contributed by atoms with E-state index in [0.717, 1.165) is 17.0 Å². The van der Waals surface area contributed by atoms with E-state index >= 15 is 0 Å². The van der Waals surface area contributed by atoms with E-state index in [-0.39, 0.29) is 5.91 Å². The van der Waals surface area contributed by atoms with Crippen molar-refractivity contribution >= 4 is 34.0 Å². The predicted molar refractivity (Wildman–Crippen MR) is 100 cm³/mol. The van der Waals surface area contributed by atoms with Crippen LogP contribution >= 0.6 is 22.9 Å². The molecule has 7 heteroatoms. The Morgan fingerprint density at radius 2 is 1.88 bits per heavy atom. The second-order valence-electron chi connectivity index (χ2n) is 5.04. The number of ether oxygens (including phenoxy) is 2. The fraction of sp³-hybridized carbons (Fsp3) is 0.111. The molecule has 0 bridgehead atoms. The number of benzene rings is 2. The molecule has 25 heavy (non-hydrogen) atoms. The van der Waals surface area contributed by atoms with Crippen molar-refractivity contribution in [3.8, 4) is 22.8 Å². The van der Waals surface area contributed by atoms with Crippen molar-refractivity contribution in [3.63, 3.8) is 0 Å². The lowest BCUT2D eigenvalue weighted by Crippen LogP contribution is -2.13. The number of thiazole rings is 1. The summed E-state index contributed by atoms with van der Waals surface area (Å²) in [6.07, 6.45) is 0. The highest BCUT2D eigenvalue weighted by Gasteiger charge is 2.16. The van der Waals surface area contributed by atoms with Crippen molar-refractivity contribution in [2.75, 3.05) is 19.5 Å². The first-order chi connectivity index (χ1) is 12.1. The number of methoxy groups -OCH3 is 2. The van der Waals surface area contributed by atoms with Crippen molar-refractivity contribution in [1.29, 1.82) is 0 Å². The van der Waals surface area contributed by atoms with E-state index in [4.69, 9.17) is 21.1 Å². The van der Waals surface area contributed by atoms with Gasteiger partial charge in [0.05, 0.1) is 25.5 Å². The van der Waals surface area contributed by atoms with Gasteiger partial charge in [0.25, 0.3) is 5.91 Å². The van der Waals surface area contributed by atoms with Crippen LogP contribution in [-0.2, 0) is 0 Å². The Bertz CT molecular complexity index is 911. The zero-order chi connectivity index (χ0) is 17.8. The highest BCUT2D eigenvalue weighted by molar-refractivity contribution is 7.14. The van der Waals surface area contributed by atoms with Gasteiger partial charge in [-0.3, -0.25) is 10.1 Å². The molecule has 5 nitrogen and oxygen atoms in total. The molecule has 1 aromatic heterocycles. The number of rotatable bonds is 5. The van der Waals surface area contributed by atoms with Gasteiger partial charge in [-0.1, -0.05) is 23.7 Å². The molecule has 0 aliphatic rings. The van der Waals surface area contributed by atoms with Gasteiger partial charge in [0.1, 0.15) is 11.5 Å². The number of carbonyl (C=O) groups is 1. The standard InChI is InChI=1S/C18H15ClN2O3S/c1-23-15-6-4-3-5-12(15)14-10-25-18(20-14)21-17(22)13-9-11(19)7-8-16(13)24-2/h3-10H,1-2H3,(H,20,21,22). The van der Waals surface area contributed by atoms with E-state index in [9.17, 15) is 4.79 Å². The van der Waals surface area contributed by atoms with Crippen molar-refractivity contribution in [2.45, 2.75) is 0 Å². The minimum atomic E-state index is -0.333. The van der Waals surface area contributed by atoms with Crippen LogP contribution in [0.3, 0.4) is 0 Å². The number of amides is 1. The molecule has 0 saturated heterocycles. The molecule has 0 spiro atoms. The fourth-order valence-corrected chi connectivity index (χ4v) is 3.21. The smallest absolute Gasteiger partial charge is 0.261 e. The van der Waals surface area contributed by atoms with Crippen LogP contribution in [0.15, 0.2) is 47.8 Å². The molecule has 0 saturated carbocycles. The van der Waals surface area contributed by atoms with E-state index in [0.29, 0.717) is 21.5 Å². The lowest BCUT2D eigenvalue weighted by molar-refractivity contribution is 0.102. The van der Waals surface area contributed by atoms with Gasteiger partial charge in [0.2, 0.25) is 0 Å². The summed E-state index contributed by atoms with van der Waals surface area (Å²) in [5.41, 5.74) is 1.95. The van der Waals surface area contributed by atoms with Gasteiger partial charge in [-0.25, -0.2) is 4.98 Å². The zero-order valence-electron chi connectivity index (χ0n) is 13.6. The molecule has 1 heterocycles. The molecule has 1 N–H and O–H groups in total. The van der Waals surface area contributed by atoms with E-state index in [1.165, 1.54) is 18.4 Å². The number of hydrogen-bond acceptors (Lipinski definition) is 5. The van der Waals surface area contributed by atoms with Crippen molar-refractivity contribution in [2.24, 2.45) is 0 Å². The number of aromatic nitrogens is 1. The lowest BCUT2D eigenvalue weighted by Gasteiger charge is -2.08. The van der Waals surface area contributed by atoms with E-state index < -0.39 is 0 Å². The number of halogens is 1. The Balaban J connectivity index is 1.84. The predicted octanol–water partition coefficient (Wildman–Crippen LogP) is 4.73. The zero-order valence-corrected chi connectivity index (χ0v) is 15.1. The van der Waals surface area contributed by atoms with Gasteiger partial charge in [-0.05, 0) is 30.3 Å². The minimum Gasteiger partial charge on any atom is -0.496 e. The number of nitrogens with zero attached hydrogens (tertiary/aromatic N) is 1. The molecule has 0 fully saturated rings. The molecule has 0 aliphatic carbocycles. The molecule has 3 rings (SSSR count). The summed E-state index contributed by atoms with van der Waals surface area (Å²) in [7, 11) is 3.11. The molecule has 2 aromatic carbocycles. The SMILES string of the molecule is COc1ccc(Cl)cc1C(=O)Nc1nc(-c2ccccc2OC)cs1. The Kier molecular flexibility index (Phi) is 5.21. The number of anilines is 1. The molecular weight excluding hydrogens is 360 g/mol. The van der Waals surface area contributed by atoms with Crippen molar-refractivity contribution < 1.29 is 14.3 Å². The first-order valence-electron chi connectivity index (χ1n) is 7.36. The summed E-state index contributed by atoms with van der Waals surface area (Å²) in [5.74, 6) is 0.839. The van der Waals surface area contributed by atoms with Gasteiger partial charge in [0, 0.05) is 16.0 Å². The lowest BCUT2D eigenvalue weighted by atomic mass is 10.1. The average Bonchev–Trinajstić information content (AvgIpc) is 3.09. The number of para-hydroxylation sites is 1. The van der Waals surface area contributed by atoms with E-state index in [1.54, 1.807) is 25.3 Å². The molecule has 0 radical (unpaired) electrons. The summed E-state index contributed by atoms with van der Waals surface area (Å²) in [4.78, 5) is 17.0. The van der Waals surface area contributed by atoms with Gasteiger partial charge < -0.3 is 9.47 Å². The third-order valence-corrected chi connectivity index (χ3v) is 4.51. The van der Waals surface area contributed by atoms with Gasteiger partial charge in [-0.15, -0.1) is 11.3 Å². The maximum atomic E-state index is 12.5. The van der Waals surface area contributed by atoms with Crippen LogP contribution < -0.4 is 14.8 Å². The van der Waals surface area contributed by atoms with Gasteiger partial charge in [0.15, 0.2) is 5.13 Å². The number of hydrogen-bond donors (Lipinski definition) is 1. The van der Waals surface area contributed by atoms with Crippen LogP contribution in [-0.4, -0.2) is 25.1 Å². The summed E-state index contributed by atoms with van der Waals surface area (Å²) < 4.78 is 10.6. The molecule has 3 aromatic rings. The van der Waals surface area contributed by atoms with Crippen LogP contribution in [0, 0.1) is 0 Å². The van der Waals surface area contributed by atoms with Gasteiger partial charge in [-0.2, -0.15) is 0 Å². The molecule has 1 amide bonds. The second kappa shape index (κ2) is 7.55. The third kappa shape index (κ3) is 3.75. The quantitative estimate of drug-likeness (QED) is 0.701. The van der Waals surface area contributed by atoms with Crippen molar-refractivity contribution in [3.05, 3.63) is 58.4 Å². The van der Waals surface area contributed by atoms with Gasteiger partial charge >= 0.3 is 0 Å². The van der Waals surface area contributed by atoms with Crippen LogP contribution in [0.25, 0.3) is 11.3 Å². The van der Waals surface area contributed by atoms with E-state index in [2.05, 4.69) is 10.3 Å². The van der Waals surface area contributed by atoms with Crippen LogP contribution in [0.1, 0.15) is 10.4 Å². The van der Waals surface area contributed by atoms with Crippen LogP contribution in [0.4, 0.5) is 5.13 Å². The Morgan fingerprint density at radius 1 is 1.12 bits per heavy atom. The summed E-state index contributed by atoms with van der Waals surface area (Å²) in [5, 5.41) is 5.58. The summed E-state index contributed by atoms with van der Waals surface area (Å²) in [6.45, 7) is 0. The number of carbonyl (C=O) groups excluding carboxylic acids is 1. The monoisotopic (exact) mass is 374 g/mol. The first kappa shape index (κ1) is 17.3. The fourth-order valence-electron chi connectivity index (χ4n) is 2.33. The molecule has 0 unspecified atom stereocenters. The average molecular weight is 375 g/mol. The highest BCUT2D eigenvalue weighted by atomic mass is 35.5. The summed E-state index contributed by atoms with van der Waals surface area (Å²) in [6, 6.07) is 12.5. The number of nitrogens with one attached hydrogen (secondary N) is 1. The topological polar surface area (TPSA) is 60.5 Å². The maximum Gasteiger partial charge on any atom is 0.261 e. The first-order valence-corrected chi connectivity index (χ1v) is 8.62. The molecule has 128 valence electrons. The Morgan fingerprint density at radius 3 is 2.64 bits per heavy atom. The maximum absolute atomic E-state index is 12.5. The Labute approximate surface area is 154 Å². The normalized spacial score (nSPS) is 10.4. The molecular formula is C18H15ClN2O3S. The minimum absolute atomic E-state index is 0.333. The highest BCUT2D eigenvalue weighted by Crippen LogP contribution is 2.32. The largest absolute Gasteiger partial charge is 0.496 e. The second-order valence-corrected chi connectivity index (χ2v) is 6.33. The Hall–Kier alpha value is -2.57. The van der Waals surface area contributed by atoms with Crippen LogP contribution in [0.5, 0.6) is 11.5 Å².